The highest BCUT2D eigenvalue weighted by molar-refractivity contribution is 7.99. The van der Waals surface area contributed by atoms with Crippen molar-refractivity contribution in [3.63, 3.8) is 0 Å². The molecule has 0 amide bonds. The molecule has 0 N–H and O–H groups in total. The normalized spacial score (nSPS) is 10.0. The van der Waals surface area contributed by atoms with Crippen LogP contribution in [0, 0.1) is 18.2 Å². The van der Waals surface area contributed by atoms with E-state index in [1.807, 2.05) is 0 Å². The summed E-state index contributed by atoms with van der Waals surface area (Å²) in [7, 11) is 0. The molecule has 1 aromatic carbocycles. The standard InChI is InChI=1S/C11H7FN2OS/c1-2-7-16-11-14-13-10(15-11)8-3-5-9(12)6-4-8/h1,3-6H,7H2. The molecule has 1 aromatic heterocycles. The van der Waals surface area contributed by atoms with E-state index in [0.717, 1.165) is 0 Å². The Balaban J connectivity index is 2.18. The average molecular weight is 234 g/mol. The van der Waals surface area contributed by atoms with Crippen molar-refractivity contribution in [2.24, 2.45) is 0 Å². The Hall–Kier alpha value is -1.80. The number of hydrogen-bond acceptors (Lipinski definition) is 4. The molecular formula is C11H7FN2OS. The lowest BCUT2D eigenvalue weighted by molar-refractivity contribution is 0.466. The van der Waals surface area contributed by atoms with Crippen LogP contribution in [0.2, 0.25) is 0 Å². The lowest BCUT2D eigenvalue weighted by Gasteiger charge is -1.93. The van der Waals surface area contributed by atoms with Gasteiger partial charge in [-0.1, -0.05) is 17.7 Å². The zero-order valence-corrected chi connectivity index (χ0v) is 9.00. The molecule has 0 spiro atoms. The minimum Gasteiger partial charge on any atom is -0.411 e. The molecule has 2 rings (SSSR count). The van der Waals surface area contributed by atoms with Gasteiger partial charge in [0, 0.05) is 5.56 Å². The number of benzene rings is 1. The predicted molar refractivity (Wildman–Crippen MR) is 59.2 cm³/mol. The first-order valence-corrected chi connectivity index (χ1v) is 5.44. The third-order valence-electron chi connectivity index (χ3n) is 1.78. The molecule has 0 atom stereocenters. The van der Waals surface area contributed by atoms with Gasteiger partial charge in [-0.3, -0.25) is 0 Å². The summed E-state index contributed by atoms with van der Waals surface area (Å²) in [6.07, 6.45) is 5.11. The van der Waals surface area contributed by atoms with Crippen molar-refractivity contribution in [3.05, 3.63) is 30.1 Å². The van der Waals surface area contributed by atoms with Crippen LogP contribution in [0.25, 0.3) is 11.5 Å². The van der Waals surface area contributed by atoms with Crippen molar-refractivity contribution in [1.29, 1.82) is 0 Å². The van der Waals surface area contributed by atoms with E-state index in [2.05, 4.69) is 16.1 Å². The van der Waals surface area contributed by atoms with Crippen LogP contribution in [0.5, 0.6) is 0 Å². The fourth-order valence-electron chi connectivity index (χ4n) is 1.08. The van der Waals surface area contributed by atoms with Crippen LogP contribution in [0.1, 0.15) is 0 Å². The number of thioether (sulfide) groups is 1. The summed E-state index contributed by atoms with van der Waals surface area (Å²) in [4.78, 5) is 0. The molecule has 1 heterocycles. The molecule has 5 heteroatoms. The number of aromatic nitrogens is 2. The first kappa shape index (κ1) is 10.7. The molecular weight excluding hydrogens is 227 g/mol. The zero-order valence-electron chi connectivity index (χ0n) is 8.18. The van der Waals surface area contributed by atoms with Crippen molar-refractivity contribution < 1.29 is 8.81 Å². The summed E-state index contributed by atoms with van der Waals surface area (Å²) in [5.74, 6) is 3.00. The van der Waals surface area contributed by atoms with E-state index >= 15 is 0 Å². The van der Waals surface area contributed by atoms with Gasteiger partial charge in [0.1, 0.15) is 5.82 Å². The predicted octanol–water partition coefficient (Wildman–Crippen LogP) is 2.60. The fraction of sp³-hybridized carbons (Fsp3) is 0.0909. The Morgan fingerprint density at radius 3 is 2.75 bits per heavy atom. The Morgan fingerprint density at radius 2 is 2.06 bits per heavy atom. The first-order valence-electron chi connectivity index (χ1n) is 4.45. The van der Waals surface area contributed by atoms with Gasteiger partial charge in [-0.25, -0.2) is 4.39 Å². The summed E-state index contributed by atoms with van der Waals surface area (Å²) in [5.41, 5.74) is 0.682. The summed E-state index contributed by atoms with van der Waals surface area (Å²) in [5, 5.41) is 8.06. The minimum atomic E-state index is -0.301. The van der Waals surface area contributed by atoms with Gasteiger partial charge in [-0.2, -0.15) is 0 Å². The summed E-state index contributed by atoms with van der Waals surface area (Å²) in [6, 6.07) is 5.85. The second kappa shape index (κ2) is 4.81. The summed E-state index contributed by atoms with van der Waals surface area (Å²) in [6.45, 7) is 0. The topological polar surface area (TPSA) is 38.9 Å². The van der Waals surface area contributed by atoms with Crippen molar-refractivity contribution in [1.82, 2.24) is 10.2 Å². The minimum absolute atomic E-state index is 0.301. The second-order valence-corrected chi connectivity index (χ2v) is 3.80. The van der Waals surface area contributed by atoms with Crippen LogP contribution in [0.4, 0.5) is 4.39 Å². The van der Waals surface area contributed by atoms with E-state index in [4.69, 9.17) is 10.8 Å². The van der Waals surface area contributed by atoms with Crippen molar-refractivity contribution in [2.75, 3.05) is 5.75 Å². The first-order chi connectivity index (χ1) is 7.79. The zero-order chi connectivity index (χ0) is 11.4. The van der Waals surface area contributed by atoms with E-state index < -0.39 is 0 Å². The Morgan fingerprint density at radius 1 is 1.31 bits per heavy atom. The quantitative estimate of drug-likeness (QED) is 0.604. The molecule has 0 fully saturated rings. The third-order valence-corrected chi connectivity index (χ3v) is 2.50. The number of rotatable bonds is 3. The van der Waals surface area contributed by atoms with E-state index in [0.29, 0.717) is 22.4 Å². The number of terminal acetylenes is 1. The van der Waals surface area contributed by atoms with Crippen molar-refractivity contribution in [3.8, 4) is 23.8 Å². The van der Waals surface area contributed by atoms with Crippen LogP contribution in [0.3, 0.4) is 0 Å². The maximum atomic E-state index is 12.7. The van der Waals surface area contributed by atoms with E-state index in [1.165, 1.54) is 23.9 Å². The number of nitrogens with zero attached hydrogens (tertiary/aromatic N) is 2. The van der Waals surface area contributed by atoms with Crippen molar-refractivity contribution >= 4 is 11.8 Å². The van der Waals surface area contributed by atoms with Gasteiger partial charge in [-0.05, 0) is 24.3 Å². The number of halogens is 1. The van der Waals surface area contributed by atoms with Gasteiger partial charge in [0.05, 0.1) is 5.75 Å². The molecule has 0 aliphatic heterocycles. The highest BCUT2D eigenvalue weighted by atomic mass is 32.2. The largest absolute Gasteiger partial charge is 0.411 e. The monoisotopic (exact) mass is 234 g/mol. The van der Waals surface area contributed by atoms with Crippen LogP contribution in [-0.4, -0.2) is 16.0 Å². The molecule has 2 aromatic rings. The Bertz CT molecular complexity index is 516. The molecule has 16 heavy (non-hydrogen) atoms. The number of hydrogen-bond donors (Lipinski definition) is 0. The Kier molecular flexibility index (Phi) is 3.22. The maximum Gasteiger partial charge on any atom is 0.277 e. The molecule has 0 aliphatic rings. The highest BCUT2D eigenvalue weighted by Gasteiger charge is 2.08. The van der Waals surface area contributed by atoms with E-state index in [9.17, 15) is 4.39 Å². The molecule has 3 nitrogen and oxygen atoms in total. The smallest absolute Gasteiger partial charge is 0.277 e. The van der Waals surface area contributed by atoms with E-state index in [1.54, 1.807) is 12.1 Å². The maximum absolute atomic E-state index is 12.7. The summed E-state index contributed by atoms with van der Waals surface area (Å²) < 4.78 is 18.0. The average Bonchev–Trinajstić information content (AvgIpc) is 2.76. The lowest BCUT2D eigenvalue weighted by atomic mass is 10.2. The molecule has 0 saturated carbocycles. The lowest BCUT2D eigenvalue weighted by Crippen LogP contribution is -1.78. The Labute approximate surface area is 96.1 Å². The van der Waals surface area contributed by atoms with Crippen LogP contribution < -0.4 is 0 Å². The third kappa shape index (κ3) is 2.41. The van der Waals surface area contributed by atoms with Crippen LogP contribution in [0.15, 0.2) is 33.9 Å². The molecule has 0 unspecified atom stereocenters. The van der Waals surface area contributed by atoms with Gasteiger partial charge in [0.25, 0.3) is 5.22 Å². The van der Waals surface area contributed by atoms with Gasteiger partial charge in [-0.15, -0.1) is 16.6 Å². The van der Waals surface area contributed by atoms with Gasteiger partial charge >= 0.3 is 0 Å². The van der Waals surface area contributed by atoms with Gasteiger partial charge < -0.3 is 4.42 Å². The molecule has 0 aliphatic carbocycles. The van der Waals surface area contributed by atoms with Gasteiger partial charge in [0.15, 0.2) is 0 Å². The molecule has 0 saturated heterocycles. The fourth-order valence-corrected chi connectivity index (χ4v) is 1.52. The SMILES string of the molecule is C#CCSc1nnc(-c2ccc(F)cc2)o1. The van der Waals surface area contributed by atoms with E-state index in [-0.39, 0.29) is 5.82 Å². The summed E-state index contributed by atoms with van der Waals surface area (Å²) >= 11 is 1.29. The van der Waals surface area contributed by atoms with Gasteiger partial charge in [0.2, 0.25) is 5.89 Å². The molecule has 80 valence electrons. The second-order valence-electron chi connectivity index (χ2n) is 2.87. The highest BCUT2D eigenvalue weighted by Crippen LogP contribution is 2.22. The van der Waals surface area contributed by atoms with Crippen molar-refractivity contribution in [2.45, 2.75) is 5.22 Å². The molecule has 0 radical (unpaired) electrons. The molecule has 0 bridgehead atoms. The van der Waals surface area contributed by atoms with Crippen LogP contribution in [-0.2, 0) is 0 Å². The van der Waals surface area contributed by atoms with Crippen LogP contribution >= 0.6 is 11.8 Å².